The molecule has 0 bridgehead atoms. The van der Waals surface area contributed by atoms with Gasteiger partial charge in [0.15, 0.2) is 17.6 Å². The molecule has 4 heterocycles. The molecular formula is C24H23BN3O+. The highest BCUT2D eigenvalue weighted by Gasteiger charge is 2.35. The number of aromatic nitrogens is 2. The van der Waals surface area contributed by atoms with Gasteiger partial charge in [0.2, 0.25) is 5.71 Å². The van der Waals surface area contributed by atoms with Crippen molar-refractivity contribution in [2.75, 3.05) is 11.9 Å². The van der Waals surface area contributed by atoms with Gasteiger partial charge in [0.25, 0.3) is 0 Å². The fourth-order valence-corrected chi connectivity index (χ4v) is 4.02. The molecule has 0 unspecified atom stereocenters. The first-order valence-corrected chi connectivity index (χ1v) is 9.39. The zero-order valence-corrected chi connectivity index (χ0v) is 16.2. The van der Waals surface area contributed by atoms with Crippen LogP contribution in [0, 0.1) is 13.7 Å². The van der Waals surface area contributed by atoms with E-state index in [1.807, 2.05) is 71.9 Å². The number of aryl methyl sites for hydroxylation is 3. The van der Waals surface area contributed by atoms with Gasteiger partial charge in [-0.2, -0.15) is 0 Å². The van der Waals surface area contributed by atoms with E-state index in [1.54, 1.807) is 12.3 Å². The normalized spacial score (nSPS) is 17.2. The fourth-order valence-electron chi connectivity index (χ4n) is 4.02. The van der Waals surface area contributed by atoms with Crippen molar-refractivity contribution < 1.29 is 17.2 Å². The Kier molecular flexibility index (Phi) is 2.80. The van der Waals surface area contributed by atoms with Gasteiger partial charge in [0.1, 0.15) is 7.05 Å². The molecule has 1 aliphatic heterocycles. The van der Waals surface area contributed by atoms with Crippen LogP contribution in [0.15, 0.2) is 65.1 Å². The maximum Gasteiger partial charge on any atom is 0.396 e. The molecule has 0 radical (unpaired) electrons. The standard InChI is InChI=1S/C24H23BN3O/c1-16-15-27(3)22(14-20(16)18-8-6-5-7-9-18)25-13-12-21-23(28(25)4)19-11-10-17(2)26-24(19)29-21/h5-15H,1-4H3/q+1/i1D3,2D3. The topological polar surface area (TPSA) is 33.1 Å². The summed E-state index contributed by atoms with van der Waals surface area (Å²) >= 11 is 0. The predicted molar refractivity (Wildman–Crippen MR) is 119 cm³/mol. The Hall–Kier alpha value is -3.34. The molecule has 5 rings (SSSR count). The number of hydrogen-bond acceptors (Lipinski definition) is 3. The van der Waals surface area contributed by atoms with E-state index in [4.69, 9.17) is 12.6 Å². The van der Waals surface area contributed by atoms with E-state index < -0.39 is 13.7 Å². The average Bonchev–Trinajstić information content (AvgIpc) is 3.17. The molecule has 0 N–H and O–H groups in total. The number of furan rings is 1. The molecule has 0 atom stereocenters. The van der Waals surface area contributed by atoms with Crippen LogP contribution in [-0.4, -0.2) is 18.9 Å². The molecule has 1 aliphatic rings. The largest absolute Gasteiger partial charge is 0.436 e. The zero-order chi connectivity index (χ0) is 25.1. The third kappa shape index (κ3) is 2.85. The van der Waals surface area contributed by atoms with E-state index in [-0.39, 0.29) is 23.8 Å². The van der Waals surface area contributed by atoms with Crippen molar-refractivity contribution in [3.63, 3.8) is 0 Å². The summed E-state index contributed by atoms with van der Waals surface area (Å²) < 4.78 is 54.9. The van der Waals surface area contributed by atoms with E-state index in [1.165, 1.54) is 6.07 Å². The van der Waals surface area contributed by atoms with Crippen LogP contribution >= 0.6 is 0 Å². The van der Waals surface area contributed by atoms with Gasteiger partial charge in [-0.05, 0) is 50.1 Å². The number of fused-ring (bicyclic) bond motifs is 3. The van der Waals surface area contributed by atoms with Crippen LogP contribution in [0.5, 0.6) is 0 Å². The Bertz CT molecular complexity index is 1460. The molecule has 4 aromatic rings. The van der Waals surface area contributed by atoms with Crippen LogP contribution in [0.3, 0.4) is 0 Å². The van der Waals surface area contributed by atoms with Crippen molar-refractivity contribution in [1.29, 1.82) is 0 Å². The fraction of sp³-hybridized carbons (Fsp3) is 0.167. The lowest BCUT2D eigenvalue weighted by Crippen LogP contribution is -2.60. The summed E-state index contributed by atoms with van der Waals surface area (Å²) in [7, 11) is 3.77. The smallest absolute Gasteiger partial charge is 0.396 e. The number of nitrogens with zero attached hydrogens (tertiary/aromatic N) is 3. The average molecular weight is 386 g/mol. The first-order valence-electron chi connectivity index (χ1n) is 12.4. The molecule has 5 heteroatoms. The second-order valence-corrected chi connectivity index (χ2v) is 7.28. The van der Waals surface area contributed by atoms with Crippen molar-refractivity contribution >= 4 is 35.3 Å². The Morgan fingerprint density at radius 3 is 2.79 bits per heavy atom. The van der Waals surface area contributed by atoms with E-state index in [0.29, 0.717) is 11.3 Å². The van der Waals surface area contributed by atoms with Crippen LogP contribution in [0.2, 0.25) is 0 Å². The lowest BCUT2D eigenvalue weighted by molar-refractivity contribution is -0.654. The van der Waals surface area contributed by atoms with Crippen LogP contribution in [0.4, 0.5) is 5.69 Å². The summed E-state index contributed by atoms with van der Waals surface area (Å²) in [6.45, 7) is -4.81. The highest BCUT2D eigenvalue weighted by Crippen LogP contribution is 2.36. The van der Waals surface area contributed by atoms with Gasteiger partial charge in [-0.3, -0.25) is 0 Å². The van der Waals surface area contributed by atoms with E-state index in [9.17, 15) is 0 Å². The number of anilines is 1. The van der Waals surface area contributed by atoms with Crippen molar-refractivity contribution in [1.82, 2.24) is 4.98 Å². The molecule has 3 aromatic heterocycles. The monoisotopic (exact) mass is 386 g/mol. The molecule has 0 saturated carbocycles. The second-order valence-electron chi connectivity index (χ2n) is 7.28. The van der Waals surface area contributed by atoms with Gasteiger partial charge in [0.05, 0.1) is 11.1 Å². The van der Waals surface area contributed by atoms with Gasteiger partial charge >= 0.3 is 6.85 Å². The molecule has 0 aliphatic carbocycles. The SMILES string of the molecule is [2H]C([2H])([2H])c1ccc2c3c(oc2n1)C=CB(c1cc(-c2ccccc2)c(C([2H])([2H])[2H])c[n+]1C)N3C. The van der Waals surface area contributed by atoms with Crippen LogP contribution in [0.25, 0.3) is 28.3 Å². The molecule has 0 saturated heterocycles. The predicted octanol–water partition coefficient (Wildman–Crippen LogP) is 3.84. The highest BCUT2D eigenvalue weighted by molar-refractivity contribution is 6.81. The third-order valence-electron chi connectivity index (χ3n) is 5.46. The molecule has 142 valence electrons. The van der Waals surface area contributed by atoms with E-state index in [0.717, 1.165) is 22.2 Å². The lowest BCUT2D eigenvalue weighted by Gasteiger charge is -2.26. The van der Waals surface area contributed by atoms with Crippen LogP contribution in [-0.2, 0) is 7.05 Å². The number of benzene rings is 1. The summed E-state index contributed by atoms with van der Waals surface area (Å²) in [5, 5.41) is 0.717. The summed E-state index contributed by atoms with van der Waals surface area (Å²) in [6, 6.07) is 14.7. The molecule has 29 heavy (non-hydrogen) atoms. The van der Waals surface area contributed by atoms with E-state index >= 15 is 0 Å². The summed E-state index contributed by atoms with van der Waals surface area (Å²) in [5.41, 5.74) is 3.73. The first-order chi connectivity index (χ1) is 16.4. The Morgan fingerprint density at radius 2 is 2.00 bits per heavy atom. The number of rotatable bonds is 2. The minimum Gasteiger partial charge on any atom is -0.436 e. The van der Waals surface area contributed by atoms with Crippen molar-refractivity contribution in [3.8, 4) is 11.1 Å². The molecule has 4 nitrogen and oxygen atoms in total. The number of pyridine rings is 2. The lowest BCUT2D eigenvalue weighted by atomic mass is 9.55. The third-order valence-corrected chi connectivity index (χ3v) is 5.46. The first kappa shape index (κ1) is 12.3. The van der Waals surface area contributed by atoms with Crippen LogP contribution in [0.1, 0.15) is 25.2 Å². The van der Waals surface area contributed by atoms with Gasteiger partial charge in [0, 0.05) is 25.5 Å². The molecule has 0 fully saturated rings. The van der Waals surface area contributed by atoms with Gasteiger partial charge in [-0.15, -0.1) is 0 Å². The van der Waals surface area contributed by atoms with Gasteiger partial charge in [-0.25, -0.2) is 9.55 Å². The maximum absolute atomic E-state index is 8.08. The minimum atomic E-state index is -2.32. The summed E-state index contributed by atoms with van der Waals surface area (Å²) in [6.07, 6.45) is 3.54. The van der Waals surface area contributed by atoms with Gasteiger partial charge in [-0.1, -0.05) is 36.3 Å². The Balaban J connectivity index is 1.63. The van der Waals surface area contributed by atoms with Crippen molar-refractivity contribution in [2.45, 2.75) is 13.7 Å². The summed E-state index contributed by atoms with van der Waals surface area (Å²) in [5.74, 6) is 2.58. The summed E-state index contributed by atoms with van der Waals surface area (Å²) in [4.78, 5) is 6.27. The number of hydrogen-bond donors (Lipinski definition) is 0. The molecular weight excluding hydrogens is 357 g/mol. The van der Waals surface area contributed by atoms with Crippen LogP contribution < -0.4 is 15.0 Å². The van der Waals surface area contributed by atoms with E-state index in [2.05, 4.69) is 4.98 Å². The Labute approximate surface area is 179 Å². The Morgan fingerprint density at radius 1 is 1.14 bits per heavy atom. The second kappa shape index (κ2) is 6.62. The molecule has 1 aromatic carbocycles. The van der Waals surface area contributed by atoms with Crippen molar-refractivity contribution in [2.24, 2.45) is 7.05 Å². The minimum absolute atomic E-state index is 0.0153. The zero-order valence-electron chi connectivity index (χ0n) is 22.2. The highest BCUT2D eigenvalue weighted by atomic mass is 16.3. The van der Waals surface area contributed by atoms with Gasteiger partial charge < -0.3 is 9.23 Å². The molecule has 0 spiro atoms. The maximum atomic E-state index is 8.08. The van der Waals surface area contributed by atoms with Crippen molar-refractivity contribution in [3.05, 3.63) is 77.7 Å². The molecule has 0 amide bonds. The quantitative estimate of drug-likeness (QED) is 0.388.